The average Bonchev–Trinajstić information content (AvgIpc) is 3.16. The lowest BCUT2D eigenvalue weighted by molar-refractivity contribution is -0.132. The molecule has 192 valence electrons. The van der Waals surface area contributed by atoms with E-state index >= 15 is 0 Å². The summed E-state index contributed by atoms with van der Waals surface area (Å²) in [6.45, 7) is 8.49. The maximum absolute atomic E-state index is 13.7. The van der Waals surface area contributed by atoms with E-state index in [-0.39, 0.29) is 16.9 Å². The predicted molar refractivity (Wildman–Crippen MR) is 143 cm³/mol. The number of para-hydroxylation sites is 1. The summed E-state index contributed by atoms with van der Waals surface area (Å²) in [5.41, 5.74) is 4.19. The maximum atomic E-state index is 13.7. The first-order chi connectivity index (χ1) is 17.3. The highest BCUT2D eigenvalue weighted by atomic mass is 16.4. The number of hydrogen-bond donors (Lipinski definition) is 2. The Morgan fingerprint density at radius 3 is 2.22 bits per heavy atom. The highest BCUT2D eigenvalue weighted by molar-refractivity contribution is 5.91. The molecule has 0 aliphatic heterocycles. The molecule has 6 nitrogen and oxygen atoms in total. The first kappa shape index (κ1) is 27.2. The molecule has 0 aliphatic carbocycles. The molecule has 0 saturated heterocycles. The van der Waals surface area contributed by atoms with Crippen LogP contribution in [0.5, 0.6) is 0 Å². The fraction of sp³-hybridized carbons (Fsp3) is 0.433. The highest BCUT2D eigenvalue weighted by Crippen LogP contribution is 2.36. The van der Waals surface area contributed by atoms with Crippen LogP contribution in [0.4, 0.5) is 0 Å². The largest absolute Gasteiger partial charge is 0.478 e. The lowest BCUT2D eigenvalue weighted by atomic mass is 9.74. The van der Waals surface area contributed by atoms with Crippen molar-refractivity contribution >= 4 is 11.9 Å². The molecule has 1 heterocycles. The van der Waals surface area contributed by atoms with Gasteiger partial charge in [0.05, 0.1) is 16.9 Å². The van der Waals surface area contributed by atoms with Crippen LogP contribution in [-0.2, 0) is 17.8 Å². The lowest BCUT2D eigenvalue weighted by Crippen LogP contribution is -2.41. The van der Waals surface area contributed by atoms with E-state index in [0.29, 0.717) is 12.2 Å². The van der Waals surface area contributed by atoms with Crippen LogP contribution >= 0.6 is 0 Å². The van der Waals surface area contributed by atoms with Crippen molar-refractivity contribution in [2.24, 2.45) is 5.41 Å². The number of nitrogens with one attached hydrogen (secondary N) is 1. The Hall–Kier alpha value is -3.41. The first-order valence-electron chi connectivity index (χ1n) is 13.0. The summed E-state index contributed by atoms with van der Waals surface area (Å²) < 4.78 is 1.67. The molecule has 3 rings (SSSR count). The Balaban J connectivity index is 1.78. The second kappa shape index (κ2) is 12.5. The second-order valence-corrected chi connectivity index (χ2v) is 9.69. The summed E-state index contributed by atoms with van der Waals surface area (Å²) in [7, 11) is 0. The van der Waals surface area contributed by atoms with Crippen molar-refractivity contribution in [3.8, 4) is 5.69 Å². The van der Waals surface area contributed by atoms with Crippen molar-refractivity contribution in [3.63, 3.8) is 0 Å². The van der Waals surface area contributed by atoms with Crippen LogP contribution in [0.1, 0.15) is 85.2 Å². The van der Waals surface area contributed by atoms with Crippen molar-refractivity contribution < 1.29 is 14.7 Å². The van der Waals surface area contributed by atoms with Gasteiger partial charge in [-0.2, -0.15) is 5.10 Å². The van der Waals surface area contributed by atoms with E-state index in [4.69, 9.17) is 0 Å². The molecule has 1 amide bonds. The van der Waals surface area contributed by atoms with Gasteiger partial charge in [-0.15, -0.1) is 0 Å². The van der Waals surface area contributed by atoms with Crippen LogP contribution in [0.3, 0.4) is 0 Å². The molecule has 0 bridgehead atoms. The number of aromatic nitrogens is 2. The molecule has 0 fully saturated rings. The number of carbonyl (C=O) groups excluding carboxylic acids is 1. The zero-order valence-corrected chi connectivity index (χ0v) is 22.0. The van der Waals surface area contributed by atoms with E-state index < -0.39 is 5.97 Å². The molecule has 2 N–H and O–H groups in total. The number of aromatic carboxylic acids is 1. The SMILES string of the molecule is CCCC(CCC)(CCCc1ccccc1)C(=O)NCc1c(C)nn(-c2ccccc2C(=O)O)c1C. The summed E-state index contributed by atoms with van der Waals surface area (Å²) in [4.78, 5) is 25.4. The minimum atomic E-state index is -0.993. The van der Waals surface area contributed by atoms with Crippen LogP contribution in [-0.4, -0.2) is 26.8 Å². The third-order valence-electron chi connectivity index (χ3n) is 7.13. The van der Waals surface area contributed by atoms with Gasteiger partial charge in [0.2, 0.25) is 5.91 Å². The van der Waals surface area contributed by atoms with E-state index in [9.17, 15) is 14.7 Å². The molecule has 0 aliphatic rings. The maximum Gasteiger partial charge on any atom is 0.337 e. The van der Waals surface area contributed by atoms with Gasteiger partial charge in [0.25, 0.3) is 0 Å². The van der Waals surface area contributed by atoms with Crippen LogP contribution < -0.4 is 5.32 Å². The average molecular weight is 490 g/mol. The fourth-order valence-corrected chi connectivity index (χ4v) is 5.31. The normalized spacial score (nSPS) is 11.4. The highest BCUT2D eigenvalue weighted by Gasteiger charge is 2.36. The lowest BCUT2D eigenvalue weighted by Gasteiger charge is -2.32. The van der Waals surface area contributed by atoms with Crippen LogP contribution in [0, 0.1) is 19.3 Å². The standard InChI is InChI=1S/C30H39N3O3/c1-5-18-30(19-6-2,20-12-15-24-13-8-7-9-14-24)29(36)31-21-26-22(3)32-33(23(26)4)27-17-11-10-16-25(27)28(34)35/h7-11,13-14,16-17H,5-6,12,15,18-21H2,1-4H3,(H,31,36)(H,34,35). The Labute approximate surface area is 214 Å². The van der Waals surface area contributed by atoms with E-state index in [1.807, 2.05) is 19.9 Å². The van der Waals surface area contributed by atoms with Gasteiger partial charge < -0.3 is 10.4 Å². The molecule has 3 aromatic rings. The molecular formula is C30H39N3O3. The molecule has 2 aromatic carbocycles. The van der Waals surface area contributed by atoms with E-state index in [1.165, 1.54) is 5.56 Å². The van der Waals surface area contributed by atoms with Crippen molar-refractivity contribution in [2.45, 2.75) is 79.2 Å². The summed E-state index contributed by atoms with van der Waals surface area (Å²) in [6, 6.07) is 17.3. The zero-order valence-electron chi connectivity index (χ0n) is 22.0. The fourth-order valence-electron chi connectivity index (χ4n) is 5.31. The Kier molecular flexibility index (Phi) is 9.45. The summed E-state index contributed by atoms with van der Waals surface area (Å²) in [5, 5.41) is 17.5. The summed E-state index contributed by atoms with van der Waals surface area (Å²) >= 11 is 0. The van der Waals surface area contributed by atoms with Crippen LogP contribution in [0.2, 0.25) is 0 Å². The van der Waals surface area contributed by atoms with E-state index in [0.717, 1.165) is 61.9 Å². The third kappa shape index (κ3) is 6.23. The Morgan fingerprint density at radius 1 is 0.944 bits per heavy atom. The number of nitrogens with zero attached hydrogens (tertiary/aromatic N) is 2. The number of hydrogen-bond acceptors (Lipinski definition) is 3. The van der Waals surface area contributed by atoms with Crippen LogP contribution in [0.25, 0.3) is 5.69 Å². The molecule has 0 spiro atoms. The topological polar surface area (TPSA) is 84.2 Å². The van der Waals surface area contributed by atoms with Gasteiger partial charge in [-0.25, -0.2) is 9.48 Å². The predicted octanol–water partition coefficient (Wildman–Crippen LogP) is 6.41. The van der Waals surface area contributed by atoms with Crippen molar-refractivity contribution in [1.82, 2.24) is 15.1 Å². The minimum Gasteiger partial charge on any atom is -0.478 e. The second-order valence-electron chi connectivity index (χ2n) is 9.69. The van der Waals surface area contributed by atoms with E-state index in [2.05, 4.69) is 48.5 Å². The molecule has 6 heteroatoms. The van der Waals surface area contributed by atoms with Gasteiger partial charge in [-0.1, -0.05) is 69.2 Å². The van der Waals surface area contributed by atoms with Gasteiger partial charge in [0.15, 0.2) is 0 Å². The number of carbonyl (C=O) groups is 2. The molecular weight excluding hydrogens is 450 g/mol. The number of aryl methyl sites for hydroxylation is 2. The monoisotopic (exact) mass is 489 g/mol. The molecule has 36 heavy (non-hydrogen) atoms. The molecule has 0 saturated carbocycles. The molecule has 1 aromatic heterocycles. The number of carboxylic acids is 1. The molecule has 0 radical (unpaired) electrons. The number of carboxylic acid groups (broad SMARTS) is 1. The van der Waals surface area contributed by atoms with Crippen molar-refractivity contribution in [2.75, 3.05) is 0 Å². The number of amides is 1. The summed E-state index contributed by atoms with van der Waals surface area (Å²) in [5.74, 6) is -0.885. The smallest absolute Gasteiger partial charge is 0.337 e. The zero-order chi connectivity index (χ0) is 26.1. The number of benzene rings is 2. The third-order valence-corrected chi connectivity index (χ3v) is 7.13. The van der Waals surface area contributed by atoms with Crippen molar-refractivity contribution in [1.29, 1.82) is 0 Å². The van der Waals surface area contributed by atoms with Crippen LogP contribution in [0.15, 0.2) is 54.6 Å². The Morgan fingerprint density at radius 2 is 1.58 bits per heavy atom. The minimum absolute atomic E-state index is 0.108. The van der Waals surface area contributed by atoms with Gasteiger partial charge in [0.1, 0.15) is 0 Å². The van der Waals surface area contributed by atoms with E-state index in [1.54, 1.807) is 28.9 Å². The quantitative estimate of drug-likeness (QED) is 0.290. The molecule has 0 atom stereocenters. The molecule has 0 unspecified atom stereocenters. The summed E-state index contributed by atoms with van der Waals surface area (Å²) in [6.07, 6.45) is 6.45. The van der Waals surface area contributed by atoms with Gasteiger partial charge in [0, 0.05) is 23.2 Å². The van der Waals surface area contributed by atoms with Gasteiger partial charge in [-0.05, 0) is 63.6 Å². The number of rotatable bonds is 13. The van der Waals surface area contributed by atoms with Gasteiger partial charge >= 0.3 is 5.97 Å². The first-order valence-corrected chi connectivity index (χ1v) is 13.0. The Bertz CT molecular complexity index is 1160. The van der Waals surface area contributed by atoms with Crippen molar-refractivity contribution in [3.05, 3.63) is 82.7 Å². The van der Waals surface area contributed by atoms with Gasteiger partial charge in [-0.3, -0.25) is 4.79 Å².